The third-order valence-corrected chi connectivity index (χ3v) is 3.16. The predicted octanol–water partition coefficient (Wildman–Crippen LogP) is 0.937. The highest BCUT2D eigenvalue weighted by Gasteiger charge is 2.02. The molecule has 0 aliphatic rings. The van der Waals surface area contributed by atoms with Crippen LogP contribution < -0.4 is 10.6 Å². The zero-order valence-electron chi connectivity index (χ0n) is 13.1. The largest absolute Gasteiger partial charge is 0.469 e. The standard InChI is InChI=1S/C15H23N5O2/c1-20-13(5-8-19-20)12-18-15(17-9-11-21-2)16-7-6-14-4-3-10-22-14/h3-5,8,10H,6-7,9,11-12H2,1-2H3,(H2,16,17,18). The highest BCUT2D eigenvalue weighted by atomic mass is 16.5. The maximum atomic E-state index is 5.32. The molecular formula is C15H23N5O2. The number of aromatic nitrogens is 2. The van der Waals surface area contributed by atoms with Crippen LogP contribution in [0.1, 0.15) is 11.5 Å². The molecule has 22 heavy (non-hydrogen) atoms. The normalized spacial score (nSPS) is 11.6. The fraction of sp³-hybridized carbons (Fsp3) is 0.467. The fourth-order valence-electron chi connectivity index (χ4n) is 1.92. The molecule has 0 atom stereocenters. The van der Waals surface area contributed by atoms with Gasteiger partial charge in [0.1, 0.15) is 5.76 Å². The van der Waals surface area contributed by atoms with Crippen molar-refractivity contribution in [1.82, 2.24) is 20.4 Å². The van der Waals surface area contributed by atoms with Gasteiger partial charge in [0, 0.05) is 39.9 Å². The van der Waals surface area contributed by atoms with Crippen molar-refractivity contribution in [3.63, 3.8) is 0 Å². The first kappa shape index (κ1) is 16.1. The van der Waals surface area contributed by atoms with E-state index in [1.807, 2.05) is 29.9 Å². The minimum absolute atomic E-state index is 0.569. The van der Waals surface area contributed by atoms with Crippen LogP contribution >= 0.6 is 0 Å². The fourth-order valence-corrected chi connectivity index (χ4v) is 1.92. The number of ether oxygens (including phenoxy) is 1. The monoisotopic (exact) mass is 305 g/mol. The second-order valence-corrected chi connectivity index (χ2v) is 4.79. The van der Waals surface area contributed by atoms with Gasteiger partial charge in [0.2, 0.25) is 0 Å². The number of methoxy groups -OCH3 is 1. The lowest BCUT2D eigenvalue weighted by atomic mass is 10.3. The molecule has 2 aromatic rings. The molecule has 0 radical (unpaired) electrons. The Morgan fingerprint density at radius 3 is 2.91 bits per heavy atom. The van der Waals surface area contributed by atoms with Crippen LogP contribution in [0.15, 0.2) is 40.1 Å². The van der Waals surface area contributed by atoms with Gasteiger partial charge in [0.15, 0.2) is 5.96 Å². The molecule has 0 bridgehead atoms. The molecule has 0 saturated heterocycles. The quantitative estimate of drug-likeness (QED) is 0.431. The molecule has 0 aliphatic heterocycles. The summed E-state index contributed by atoms with van der Waals surface area (Å²) in [4.78, 5) is 4.57. The Kier molecular flexibility index (Phi) is 6.50. The van der Waals surface area contributed by atoms with E-state index in [1.54, 1.807) is 19.6 Å². The van der Waals surface area contributed by atoms with E-state index in [2.05, 4.69) is 20.7 Å². The van der Waals surface area contributed by atoms with Gasteiger partial charge < -0.3 is 19.8 Å². The van der Waals surface area contributed by atoms with Crippen molar-refractivity contribution in [3.05, 3.63) is 42.1 Å². The summed E-state index contributed by atoms with van der Waals surface area (Å²) in [6.07, 6.45) is 4.26. The molecule has 2 heterocycles. The van der Waals surface area contributed by atoms with E-state index in [0.29, 0.717) is 19.7 Å². The van der Waals surface area contributed by atoms with Crippen LogP contribution in [0, 0.1) is 0 Å². The van der Waals surface area contributed by atoms with Gasteiger partial charge >= 0.3 is 0 Å². The van der Waals surface area contributed by atoms with E-state index >= 15 is 0 Å². The first-order chi connectivity index (χ1) is 10.8. The van der Waals surface area contributed by atoms with E-state index in [9.17, 15) is 0 Å². The van der Waals surface area contributed by atoms with Gasteiger partial charge in [-0.25, -0.2) is 4.99 Å². The summed E-state index contributed by atoms with van der Waals surface area (Å²) in [6, 6.07) is 5.81. The third kappa shape index (κ3) is 5.25. The van der Waals surface area contributed by atoms with Gasteiger partial charge in [-0.3, -0.25) is 4.68 Å². The summed E-state index contributed by atoms with van der Waals surface area (Å²) in [5.41, 5.74) is 1.05. The molecule has 0 spiro atoms. The summed E-state index contributed by atoms with van der Waals surface area (Å²) in [6.45, 7) is 2.65. The highest BCUT2D eigenvalue weighted by Crippen LogP contribution is 2.00. The lowest BCUT2D eigenvalue weighted by Crippen LogP contribution is -2.40. The molecule has 0 unspecified atom stereocenters. The van der Waals surface area contributed by atoms with Gasteiger partial charge in [-0.1, -0.05) is 0 Å². The molecule has 7 heteroatoms. The molecule has 0 amide bonds. The molecule has 2 aromatic heterocycles. The zero-order chi connectivity index (χ0) is 15.6. The number of rotatable bonds is 8. The Morgan fingerprint density at radius 2 is 2.23 bits per heavy atom. The van der Waals surface area contributed by atoms with Crippen molar-refractivity contribution in [3.8, 4) is 0 Å². The van der Waals surface area contributed by atoms with Crippen LogP contribution in [-0.2, 0) is 24.8 Å². The van der Waals surface area contributed by atoms with Gasteiger partial charge in [-0.2, -0.15) is 5.10 Å². The average Bonchev–Trinajstić information content (AvgIpc) is 3.16. The van der Waals surface area contributed by atoms with E-state index in [4.69, 9.17) is 9.15 Å². The lowest BCUT2D eigenvalue weighted by molar-refractivity contribution is 0.203. The first-order valence-electron chi connectivity index (χ1n) is 7.30. The minimum atomic E-state index is 0.569. The topological polar surface area (TPSA) is 76.6 Å². The van der Waals surface area contributed by atoms with Crippen molar-refractivity contribution in [2.24, 2.45) is 12.0 Å². The molecule has 2 rings (SSSR count). The minimum Gasteiger partial charge on any atom is -0.469 e. The first-order valence-corrected chi connectivity index (χ1v) is 7.30. The SMILES string of the molecule is COCCNC(=NCc1ccnn1C)NCCc1ccco1. The Balaban J connectivity index is 1.85. The maximum absolute atomic E-state index is 5.32. The van der Waals surface area contributed by atoms with Crippen molar-refractivity contribution in [2.45, 2.75) is 13.0 Å². The second kappa shape index (κ2) is 8.89. The smallest absolute Gasteiger partial charge is 0.191 e. The highest BCUT2D eigenvalue weighted by molar-refractivity contribution is 5.79. The summed E-state index contributed by atoms with van der Waals surface area (Å²) in [5, 5.41) is 10.7. The summed E-state index contributed by atoms with van der Waals surface area (Å²) in [5.74, 6) is 1.71. The Labute approximate surface area is 130 Å². The van der Waals surface area contributed by atoms with Crippen molar-refractivity contribution < 1.29 is 9.15 Å². The van der Waals surface area contributed by atoms with Crippen LogP contribution in [0.5, 0.6) is 0 Å². The molecule has 0 aromatic carbocycles. The molecule has 2 N–H and O–H groups in total. The number of nitrogens with one attached hydrogen (secondary N) is 2. The number of guanidine groups is 1. The van der Waals surface area contributed by atoms with Gasteiger partial charge in [0.25, 0.3) is 0 Å². The summed E-state index contributed by atoms with van der Waals surface area (Å²) < 4.78 is 12.2. The van der Waals surface area contributed by atoms with Crippen LogP contribution in [-0.4, -0.2) is 42.5 Å². The van der Waals surface area contributed by atoms with Crippen LogP contribution in [0.2, 0.25) is 0 Å². The van der Waals surface area contributed by atoms with E-state index in [-0.39, 0.29) is 0 Å². The van der Waals surface area contributed by atoms with Crippen molar-refractivity contribution in [2.75, 3.05) is 26.8 Å². The third-order valence-electron chi connectivity index (χ3n) is 3.16. The van der Waals surface area contributed by atoms with Crippen molar-refractivity contribution >= 4 is 5.96 Å². The summed E-state index contributed by atoms with van der Waals surface area (Å²) in [7, 11) is 3.59. The zero-order valence-corrected chi connectivity index (χ0v) is 13.1. The Bertz CT molecular complexity index is 562. The molecule has 0 fully saturated rings. The number of aliphatic imine (C=N–C) groups is 1. The summed E-state index contributed by atoms with van der Waals surface area (Å²) >= 11 is 0. The van der Waals surface area contributed by atoms with Crippen LogP contribution in [0.3, 0.4) is 0 Å². The number of hydrogen-bond donors (Lipinski definition) is 2. The second-order valence-electron chi connectivity index (χ2n) is 4.79. The van der Waals surface area contributed by atoms with Gasteiger partial charge in [-0.05, 0) is 18.2 Å². The molecule has 0 saturated carbocycles. The van der Waals surface area contributed by atoms with E-state index in [1.165, 1.54) is 0 Å². The molecule has 0 aliphatic carbocycles. The molecular weight excluding hydrogens is 282 g/mol. The van der Waals surface area contributed by atoms with Crippen molar-refractivity contribution in [1.29, 1.82) is 0 Å². The van der Waals surface area contributed by atoms with Gasteiger partial charge in [0.05, 0.1) is 25.1 Å². The van der Waals surface area contributed by atoms with E-state index < -0.39 is 0 Å². The Morgan fingerprint density at radius 1 is 1.36 bits per heavy atom. The number of nitrogens with zero attached hydrogens (tertiary/aromatic N) is 3. The van der Waals surface area contributed by atoms with Crippen LogP contribution in [0.25, 0.3) is 0 Å². The van der Waals surface area contributed by atoms with Gasteiger partial charge in [-0.15, -0.1) is 0 Å². The predicted molar refractivity (Wildman–Crippen MR) is 84.6 cm³/mol. The average molecular weight is 305 g/mol. The number of furan rings is 1. The van der Waals surface area contributed by atoms with Crippen LogP contribution in [0.4, 0.5) is 0 Å². The number of hydrogen-bond acceptors (Lipinski definition) is 4. The van der Waals surface area contributed by atoms with E-state index in [0.717, 1.165) is 30.4 Å². The Hall–Kier alpha value is -2.28. The molecule has 7 nitrogen and oxygen atoms in total. The maximum Gasteiger partial charge on any atom is 0.191 e. The molecule has 120 valence electrons. The number of aryl methyl sites for hydroxylation is 1. The lowest BCUT2D eigenvalue weighted by Gasteiger charge is -2.12.